The van der Waals surface area contributed by atoms with Gasteiger partial charge < -0.3 is 4.74 Å². The van der Waals surface area contributed by atoms with E-state index in [0.29, 0.717) is 6.61 Å². The molecule has 0 radical (unpaired) electrons. The summed E-state index contributed by atoms with van der Waals surface area (Å²) in [6, 6.07) is 0. The van der Waals surface area contributed by atoms with Gasteiger partial charge in [-0.1, -0.05) is 11.8 Å². The molecule has 1 aromatic heterocycles. The van der Waals surface area contributed by atoms with Gasteiger partial charge in [0, 0.05) is 17.5 Å². The van der Waals surface area contributed by atoms with Crippen LogP contribution in [0.4, 0.5) is 0 Å². The summed E-state index contributed by atoms with van der Waals surface area (Å²) in [4.78, 5) is 19.6. The molecule has 0 saturated heterocycles. The summed E-state index contributed by atoms with van der Waals surface area (Å²) in [5.41, 5.74) is 1.66. The minimum atomic E-state index is -0.235. The molecule has 0 aromatic carbocycles. The molecule has 0 atom stereocenters. The van der Waals surface area contributed by atoms with Crippen molar-refractivity contribution in [3.63, 3.8) is 0 Å². The van der Waals surface area contributed by atoms with Gasteiger partial charge in [-0.3, -0.25) is 4.79 Å². The van der Waals surface area contributed by atoms with Crippen molar-refractivity contribution in [2.45, 2.75) is 25.4 Å². The van der Waals surface area contributed by atoms with Crippen LogP contribution in [0.15, 0.2) is 11.4 Å². The lowest BCUT2D eigenvalue weighted by Gasteiger charge is -2.05. The predicted molar refractivity (Wildman–Crippen MR) is 58.9 cm³/mol. The predicted octanol–water partition coefficient (Wildman–Crippen LogP) is 1.61. The zero-order valence-electron chi connectivity index (χ0n) is 9.11. The Bertz CT molecular complexity index is 355. The van der Waals surface area contributed by atoms with Crippen LogP contribution in [0, 0.1) is 6.92 Å². The Balaban J connectivity index is 2.73. The maximum atomic E-state index is 11.2. The number of aryl methyl sites for hydroxylation is 1. The first-order valence-corrected chi connectivity index (χ1v) is 5.92. The monoisotopic (exact) mass is 226 g/mol. The molecule has 0 N–H and O–H groups in total. The highest BCUT2D eigenvalue weighted by Crippen LogP contribution is 2.12. The number of thioether (sulfide) groups is 1. The normalized spacial score (nSPS) is 10.1. The quantitative estimate of drug-likeness (QED) is 0.443. The maximum absolute atomic E-state index is 11.2. The number of rotatable bonds is 4. The number of hydrogen-bond acceptors (Lipinski definition) is 5. The average Bonchev–Trinajstić information content (AvgIpc) is 2.21. The molecule has 0 fully saturated rings. The largest absolute Gasteiger partial charge is 0.466 e. The van der Waals surface area contributed by atoms with Crippen LogP contribution in [0.2, 0.25) is 0 Å². The minimum absolute atomic E-state index is 0.235. The smallest absolute Gasteiger partial charge is 0.310 e. The Hall–Kier alpha value is -1.10. The third-order valence-corrected chi connectivity index (χ3v) is 2.44. The first kappa shape index (κ1) is 12.0. The molecule has 0 amide bonds. The van der Waals surface area contributed by atoms with E-state index < -0.39 is 0 Å². The van der Waals surface area contributed by atoms with Gasteiger partial charge in [-0.2, -0.15) is 0 Å². The molecule has 15 heavy (non-hydrogen) atoms. The number of carbonyl (C=O) groups excluding carboxylic acids is 1. The average molecular weight is 226 g/mol. The minimum Gasteiger partial charge on any atom is -0.466 e. The van der Waals surface area contributed by atoms with Crippen molar-refractivity contribution in [2.75, 3.05) is 12.9 Å². The van der Waals surface area contributed by atoms with Gasteiger partial charge in [-0.15, -0.1) is 0 Å². The lowest BCUT2D eigenvalue weighted by molar-refractivity contribution is -0.142. The Labute approximate surface area is 93.5 Å². The third-order valence-electron chi connectivity index (χ3n) is 1.88. The van der Waals surface area contributed by atoms with Crippen LogP contribution in [0.5, 0.6) is 0 Å². The van der Waals surface area contributed by atoms with Crippen LogP contribution in [-0.2, 0) is 16.0 Å². The molecule has 1 rings (SSSR count). The van der Waals surface area contributed by atoms with E-state index in [1.807, 2.05) is 13.2 Å². The lowest BCUT2D eigenvalue weighted by atomic mass is 10.2. The molecule has 1 aromatic rings. The molecule has 0 unspecified atom stereocenters. The molecule has 0 aliphatic carbocycles. The van der Waals surface area contributed by atoms with Gasteiger partial charge in [0.1, 0.15) is 0 Å². The fourth-order valence-electron chi connectivity index (χ4n) is 1.11. The van der Waals surface area contributed by atoms with E-state index in [1.54, 1.807) is 13.1 Å². The summed E-state index contributed by atoms with van der Waals surface area (Å²) in [5, 5.41) is 0.722. The standard InChI is InChI=1S/C10H14N2O2S/c1-4-14-9(13)5-8-6-11-10(15-3)12-7(8)2/h6H,4-5H2,1-3H3. The van der Waals surface area contributed by atoms with Gasteiger partial charge in [0.2, 0.25) is 0 Å². The highest BCUT2D eigenvalue weighted by atomic mass is 32.2. The van der Waals surface area contributed by atoms with Crippen LogP contribution in [-0.4, -0.2) is 28.8 Å². The fourth-order valence-corrected chi connectivity index (χ4v) is 1.50. The third kappa shape index (κ3) is 3.51. The Morgan fingerprint density at radius 2 is 2.33 bits per heavy atom. The summed E-state index contributed by atoms with van der Waals surface area (Å²) in [6.45, 7) is 4.07. The topological polar surface area (TPSA) is 52.1 Å². The number of aromatic nitrogens is 2. The van der Waals surface area contributed by atoms with Gasteiger partial charge in [-0.05, 0) is 20.1 Å². The van der Waals surface area contributed by atoms with Crippen molar-refractivity contribution in [3.05, 3.63) is 17.5 Å². The van der Waals surface area contributed by atoms with Crippen LogP contribution in [0.3, 0.4) is 0 Å². The summed E-state index contributed by atoms with van der Waals surface area (Å²) in [6.07, 6.45) is 3.85. The lowest BCUT2D eigenvalue weighted by Crippen LogP contribution is -2.09. The van der Waals surface area contributed by atoms with Crippen LogP contribution in [0.1, 0.15) is 18.2 Å². The van der Waals surface area contributed by atoms with Gasteiger partial charge >= 0.3 is 5.97 Å². The van der Waals surface area contributed by atoms with E-state index in [-0.39, 0.29) is 12.4 Å². The molecular formula is C10H14N2O2S. The van der Waals surface area contributed by atoms with E-state index in [2.05, 4.69) is 9.97 Å². The van der Waals surface area contributed by atoms with Gasteiger partial charge in [-0.25, -0.2) is 9.97 Å². The Kier molecular flexibility index (Phi) is 4.55. The van der Waals surface area contributed by atoms with Crippen LogP contribution < -0.4 is 0 Å². The molecule has 0 spiro atoms. The fraction of sp³-hybridized carbons (Fsp3) is 0.500. The molecule has 5 heteroatoms. The molecule has 82 valence electrons. The van der Waals surface area contributed by atoms with E-state index in [4.69, 9.17) is 4.74 Å². The second-order valence-corrected chi connectivity index (χ2v) is 3.72. The van der Waals surface area contributed by atoms with E-state index >= 15 is 0 Å². The van der Waals surface area contributed by atoms with Crippen LogP contribution >= 0.6 is 11.8 Å². The van der Waals surface area contributed by atoms with E-state index in [0.717, 1.165) is 16.4 Å². The summed E-state index contributed by atoms with van der Waals surface area (Å²) >= 11 is 1.48. The van der Waals surface area contributed by atoms with E-state index in [1.165, 1.54) is 11.8 Å². The number of nitrogens with zero attached hydrogens (tertiary/aromatic N) is 2. The molecule has 0 aliphatic rings. The SMILES string of the molecule is CCOC(=O)Cc1cnc(SC)nc1C. The van der Waals surface area contributed by atoms with Gasteiger partial charge in [0.25, 0.3) is 0 Å². The van der Waals surface area contributed by atoms with E-state index in [9.17, 15) is 4.79 Å². The number of hydrogen-bond donors (Lipinski definition) is 0. The molecule has 0 saturated carbocycles. The van der Waals surface area contributed by atoms with Crippen molar-refractivity contribution in [3.8, 4) is 0 Å². The van der Waals surface area contributed by atoms with Crippen LogP contribution in [0.25, 0.3) is 0 Å². The summed E-state index contributed by atoms with van der Waals surface area (Å²) in [7, 11) is 0. The Morgan fingerprint density at radius 1 is 1.60 bits per heavy atom. The molecular weight excluding hydrogens is 212 g/mol. The summed E-state index contributed by atoms with van der Waals surface area (Å²) in [5.74, 6) is -0.235. The second-order valence-electron chi connectivity index (χ2n) is 2.95. The zero-order chi connectivity index (χ0) is 11.3. The molecule has 0 bridgehead atoms. The van der Waals surface area contributed by atoms with Crippen molar-refractivity contribution in [1.82, 2.24) is 9.97 Å². The first-order chi connectivity index (χ1) is 7.17. The maximum Gasteiger partial charge on any atom is 0.310 e. The van der Waals surface area contributed by atoms with Crippen molar-refractivity contribution in [2.24, 2.45) is 0 Å². The number of ether oxygens (including phenoxy) is 1. The highest BCUT2D eigenvalue weighted by molar-refractivity contribution is 7.98. The van der Waals surface area contributed by atoms with Gasteiger partial charge in [0.05, 0.1) is 13.0 Å². The van der Waals surface area contributed by atoms with Crippen molar-refractivity contribution < 1.29 is 9.53 Å². The molecule has 1 heterocycles. The number of carbonyl (C=O) groups is 1. The van der Waals surface area contributed by atoms with Crippen molar-refractivity contribution >= 4 is 17.7 Å². The van der Waals surface area contributed by atoms with Gasteiger partial charge in [0.15, 0.2) is 5.16 Å². The number of esters is 1. The zero-order valence-corrected chi connectivity index (χ0v) is 9.93. The second kappa shape index (κ2) is 5.70. The molecule has 0 aliphatic heterocycles. The molecule has 4 nitrogen and oxygen atoms in total. The van der Waals surface area contributed by atoms with Crippen molar-refractivity contribution in [1.29, 1.82) is 0 Å². The highest BCUT2D eigenvalue weighted by Gasteiger charge is 2.08. The Morgan fingerprint density at radius 3 is 2.87 bits per heavy atom. The first-order valence-electron chi connectivity index (χ1n) is 4.69. The summed E-state index contributed by atoms with van der Waals surface area (Å²) < 4.78 is 4.86.